The first-order valence-corrected chi connectivity index (χ1v) is 5.78. The minimum atomic E-state index is -0.0503. The van der Waals surface area contributed by atoms with E-state index in [9.17, 15) is 4.79 Å². The molecule has 0 fully saturated rings. The number of hydrogen-bond acceptors (Lipinski definition) is 2. The second-order valence-electron chi connectivity index (χ2n) is 4.15. The molecule has 0 saturated heterocycles. The van der Waals surface area contributed by atoms with E-state index in [4.69, 9.17) is 16.3 Å². The second kappa shape index (κ2) is 4.96. The van der Waals surface area contributed by atoms with Gasteiger partial charge in [-0.1, -0.05) is 11.6 Å². The van der Waals surface area contributed by atoms with Gasteiger partial charge in [-0.15, -0.1) is 0 Å². The van der Waals surface area contributed by atoms with Gasteiger partial charge in [0.2, 0.25) is 5.91 Å². The number of halogens is 1. The van der Waals surface area contributed by atoms with Crippen LogP contribution in [0.5, 0.6) is 5.75 Å². The molecule has 1 amide bonds. The fourth-order valence-electron chi connectivity index (χ4n) is 1.88. The predicted octanol–water partition coefficient (Wildman–Crippen LogP) is 3.26. The van der Waals surface area contributed by atoms with Crippen molar-refractivity contribution in [1.29, 1.82) is 0 Å². The van der Waals surface area contributed by atoms with Crippen molar-refractivity contribution in [2.24, 2.45) is 0 Å². The van der Waals surface area contributed by atoms with Crippen LogP contribution in [0.1, 0.15) is 23.6 Å². The van der Waals surface area contributed by atoms with Crippen LogP contribution in [0.25, 0.3) is 0 Å². The first-order valence-electron chi connectivity index (χ1n) is 5.40. The third-order valence-corrected chi connectivity index (χ3v) is 3.71. The largest absolute Gasteiger partial charge is 0.494 e. The summed E-state index contributed by atoms with van der Waals surface area (Å²) in [7, 11) is 3.32. The van der Waals surface area contributed by atoms with Gasteiger partial charge in [0.15, 0.2) is 0 Å². The number of rotatable bonds is 2. The number of ether oxygens (including phenoxy) is 1. The number of anilines is 1. The predicted molar refractivity (Wildman–Crippen MR) is 71.3 cm³/mol. The maximum atomic E-state index is 11.5. The summed E-state index contributed by atoms with van der Waals surface area (Å²) in [5, 5.41) is 0.686. The van der Waals surface area contributed by atoms with Crippen molar-refractivity contribution >= 4 is 23.2 Å². The van der Waals surface area contributed by atoms with E-state index < -0.39 is 0 Å². The molecule has 0 saturated carbocycles. The van der Waals surface area contributed by atoms with Crippen molar-refractivity contribution in [2.45, 2.75) is 27.7 Å². The average molecular weight is 256 g/mol. The highest BCUT2D eigenvalue weighted by atomic mass is 35.5. The highest BCUT2D eigenvalue weighted by Crippen LogP contribution is 2.41. The third-order valence-electron chi connectivity index (χ3n) is 3.14. The number of hydrogen-bond donors (Lipinski definition) is 0. The highest BCUT2D eigenvalue weighted by molar-refractivity contribution is 6.33. The molecule has 4 heteroatoms. The standard InChI is InChI=1S/C13H18ClNO2/c1-7-8(2)13(17-6)12(9(3)11(7)14)15(5)10(4)16/h1-6H3. The van der Waals surface area contributed by atoms with Crippen LogP contribution in [0.4, 0.5) is 5.69 Å². The molecule has 0 aliphatic carbocycles. The summed E-state index contributed by atoms with van der Waals surface area (Å²) in [5.41, 5.74) is 3.56. The zero-order chi connectivity index (χ0) is 13.3. The van der Waals surface area contributed by atoms with Crippen molar-refractivity contribution in [1.82, 2.24) is 0 Å². The fraction of sp³-hybridized carbons (Fsp3) is 0.462. The number of nitrogens with zero attached hydrogens (tertiary/aromatic N) is 1. The Kier molecular flexibility index (Phi) is 4.04. The average Bonchev–Trinajstić information content (AvgIpc) is 2.29. The Hall–Kier alpha value is -1.22. The SMILES string of the molecule is COc1c(C)c(C)c(Cl)c(C)c1N(C)C(C)=O. The van der Waals surface area contributed by atoms with Gasteiger partial charge in [-0.2, -0.15) is 0 Å². The molecule has 0 N–H and O–H groups in total. The Morgan fingerprint density at radius 2 is 1.71 bits per heavy atom. The van der Waals surface area contributed by atoms with Crippen LogP contribution in [0, 0.1) is 20.8 Å². The highest BCUT2D eigenvalue weighted by Gasteiger charge is 2.21. The fourth-order valence-corrected chi connectivity index (χ4v) is 2.11. The van der Waals surface area contributed by atoms with E-state index in [1.807, 2.05) is 20.8 Å². The first kappa shape index (κ1) is 13.8. The minimum absolute atomic E-state index is 0.0503. The van der Waals surface area contributed by atoms with Crippen LogP contribution in [0.2, 0.25) is 5.02 Å². The number of methoxy groups -OCH3 is 1. The molecule has 0 bridgehead atoms. The van der Waals surface area contributed by atoms with Crippen LogP contribution < -0.4 is 9.64 Å². The molecule has 1 aromatic rings. The quantitative estimate of drug-likeness (QED) is 0.812. The zero-order valence-corrected chi connectivity index (χ0v) is 11.9. The summed E-state index contributed by atoms with van der Waals surface area (Å²) in [6, 6.07) is 0. The minimum Gasteiger partial charge on any atom is -0.494 e. The molecule has 1 aromatic carbocycles. The van der Waals surface area contributed by atoms with E-state index >= 15 is 0 Å². The van der Waals surface area contributed by atoms with Gasteiger partial charge in [-0.25, -0.2) is 0 Å². The third kappa shape index (κ3) is 2.25. The Morgan fingerprint density at radius 1 is 1.18 bits per heavy atom. The van der Waals surface area contributed by atoms with E-state index in [2.05, 4.69) is 0 Å². The van der Waals surface area contributed by atoms with Gasteiger partial charge in [0, 0.05) is 19.0 Å². The van der Waals surface area contributed by atoms with Crippen LogP contribution in [0.15, 0.2) is 0 Å². The molecule has 0 aliphatic rings. The van der Waals surface area contributed by atoms with Gasteiger partial charge < -0.3 is 9.64 Å². The van der Waals surface area contributed by atoms with E-state index in [1.165, 1.54) is 6.92 Å². The van der Waals surface area contributed by atoms with Crippen molar-refractivity contribution in [3.05, 3.63) is 21.7 Å². The summed E-state index contributed by atoms with van der Waals surface area (Å²) in [4.78, 5) is 13.1. The van der Waals surface area contributed by atoms with Crippen LogP contribution in [0.3, 0.4) is 0 Å². The summed E-state index contributed by atoms with van der Waals surface area (Å²) in [5.74, 6) is 0.660. The van der Waals surface area contributed by atoms with Crippen molar-refractivity contribution < 1.29 is 9.53 Å². The van der Waals surface area contributed by atoms with Gasteiger partial charge in [0.25, 0.3) is 0 Å². The van der Waals surface area contributed by atoms with Crippen LogP contribution in [-0.2, 0) is 4.79 Å². The smallest absolute Gasteiger partial charge is 0.223 e. The second-order valence-corrected chi connectivity index (χ2v) is 4.53. The molecule has 0 aliphatic heterocycles. The van der Waals surface area contributed by atoms with Crippen molar-refractivity contribution in [2.75, 3.05) is 19.1 Å². The van der Waals surface area contributed by atoms with E-state index in [0.29, 0.717) is 10.8 Å². The van der Waals surface area contributed by atoms with Gasteiger partial charge in [0.05, 0.1) is 12.8 Å². The lowest BCUT2D eigenvalue weighted by atomic mass is 10.0. The molecule has 94 valence electrons. The summed E-state index contributed by atoms with van der Waals surface area (Å²) < 4.78 is 5.41. The Labute approximate surface area is 107 Å². The number of carbonyl (C=O) groups is 1. The topological polar surface area (TPSA) is 29.5 Å². The summed E-state index contributed by atoms with van der Waals surface area (Å²) in [6.07, 6.45) is 0. The van der Waals surface area contributed by atoms with Gasteiger partial charge in [-0.05, 0) is 37.5 Å². The lowest BCUT2D eigenvalue weighted by molar-refractivity contribution is -0.116. The molecule has 0 aromatic heterocycles. The van der Waals surface area contributed by atoms with Gasteiger partial charge in [0.1, 0.15) is 5.75 Å². The maximum Gasteiger partial charge on any atom is 0.223 e. The number of amides is 1. The van der Waals surface area contributed by atoms with Gasteiger partial charge >= 0.3 is 0 Å². The molecule has 0 radical (unpaired) electrons. The van der Waals surface area contributed by atoms with Crippen molar-refractivity contribution in [3.63, 3.8) is 0 Å². The molecular formula is C13H18ClNO2. The summed E-state index contributed by atoms with van der Waals surface area (Å²) in [6.45, 7) is 7.30. The van der Waals surface area contributed by atoms with Gasteiger partial charge in [-0.3, -0.25) is 4.79 Å². The zero-order valence-electron chi connectivity index (χ0n) is 11.1. The molecule has 0 spiro atoms. The molecule has 0 atom stereocenters. The molecule has 1 rings (SSSR count). The van der Waals surface area contributed by atoms with Crippen molar-refractivity contribution in [3.8, 4) is 5.75 Å². The lowest BCUT2D eigenvalue weighted by Gasteiger charge is -2.24. The van der Waals surface area contributed by atoms with Crippen LogP contribution in [-0.4, -0.2) is 20.1 Å². The maximum absolute atomic E-state index is 11.5. The lowest BCUT2D eigenvalue weighted by Crippen LogP contribution is -2.25. The molecule has 3 nitrogen and oxygen atoms in total. The van der Waals surface area contributed by atoms with E-state index in [1.54, 1.807) is 19.1 Å². The molecule has 0 heterocycles. The molecular weight excluding hydrogens is 238 g/mol. The Morgan fingerprint density at radius 3 is 2.12 bits per heavy atom. The Balaban J connectivity index is 3.63. The normalized spacial score (nSPS) is 10.3. The summed E-state index contributed by atoms with van der Waals surface area (Å²) >= 11 is 6.27. The Bertz CT molecular complexity index is 469. The number of benzene rings is 1. The molecule has 0 unspecified atom stereocenters. The molecule has 17 heavy (non-hydrogen) atoms. The first-order chi connectivity index (χ1) is 7.82. The van der Waals surface area contributed by atoms with E-state index in [0.717, 1.165) is 22.4 Å². The number of carbonyl (C=O) groups excluding carboxylic acids is 1. The van der Waals surface area contributed by atoms with E-state index in [-0.39, 0.29) is 5.91 Å². The monoisotopic (exact) mass is 255 g/mol. The van der Waals surface area contributed by atoms with Crippen LogP contribution >= 0.6 is 11.6 Å².